The van der Waals surface area contributed by atoms with Crippen LogP contribution in [-0.4, -0.2) is 24.9 Å². The Kier molecular flexibility index (Phi) is 9.84. The van der Waals surface area contributed by atoms with Crippen LogP contribution < -0.4 is 10.2 Å². The third kappa shape index (κ3) is 7.62. The number of benzene rings is 2. The molecule has 4 heteroatoms. The summed E-state index contributed by atoms with van der Waals surface area (Å²) in [5.74, 6) is 3.66. The van der Waals surface area contributed by atoms with Crippen LogP contribution in [-0.2, 0) is 5.41 Å². The van der Waals surface area contributed by atoms with Crippen LogP contribution in [0.4, 0.5) is 17.2 Å². The van der Waals surface area contributed by atoms with Crippen molar-refractivity contribution >= 4 is 29.1 Å². The minimum atomic E-state index is 0.0816. The van der Waals surface area contributed by atoms with E-state index in [4.69, 9.17) is 0 Å². The average molecular weight is 538 g/mol. The molecule has 5 rings (SSSR count). The standard InChI is InChI=1S/C19H29N.C17H18N2O/c1-14-9-15-11-16(10-14)13-19(2,12-15)17-5-7-18(8-6-17)20(3)4;1-3-6-16(20)15-7-5-8-17(19-15)18-14-11-9-13(4-2)10-12-14/h5-8,14-16H,9-13H2,1-4H3;4-5,7-12H,2-3,6H2,1H3,(H,18,19). The fraction of sp³-hybridized carbons (Fsp3) is 0.444. The molecule has 2 fully saturated rings. The van der Waals surface area contributed by atoms with Gasteiger partial charge >= 0.3 is 0 Å². The number of fused-ring (bicyclic) bond motifs is 2. The highest BCUT2D eigenvalue weighted by Crippen LogP contribution is 2.51. The van der Waals surface area contributed by atoms with E-state index in [0.717, 1.165) is 35.4 Å². The van der Waals surface area contributed by atoms with Gasteiger partial charge in [-0.2, -0.15) is 0 Å². The first-order chi connectivity index (χ1) is 19.2. The summed E-state index contributed by atoms with van der Waals surface area (Å²) in [5.41, 5.74) is 5.80. The van der Waals surface area contributed by atoms with Gasteiger partial charge in [-0.3, -0.25) is 4.79 Å². The molecule has 2 atom stereocenters. The van der Waals surface area contributed by atoms with Gasteiger partial charge in [0.1, 0.15) is 11.5 Å². The van der Waals surface area contributed by atoms with Crippen LogP contribution in [0.3, 0.4) is 0 Å². The lowest BCUT2D eigenvalue weighted by Gasteiger charge is -2.47. The summed E-state index contributed by atoms with van der Waals surface area (Å²) in [6.07, 6.45) is 10.4. The Morgan fingerprint density at radius 3 is 2.23 bits per heavy atom. The molecule has 0 spiro atoms. The van der Waals surface area contributed by atoms with Crippen LogP contribution >= 0.6 is 0 Å². The number of nitrogens with zero attached hydrogens (tertiary/aromatic N) is 2. The first kappa shape index (κ1) is 29.6. The molecule has 0 amide bonds. The molecule has 0 radical (unpaired) electrons. The van der Waals surface area contributed by atoms with E-state index >= 15 is 0 Å². The van der Waals surface area contributed by atoms with Gasteiger partial charge < -0.3 is 10.2 Å². The normalized spacial score (nSPS) is 23.4. The van der Waals surface area contributed by atoms with Gasteiger partial charge in [-0.25, -0.2) is 4.98 Å². The number of rotatable bonds is 8. The van der Waals surface area contributed by atoms with Crippen molar-refractivity contribution in [1.82, 2.24) is 4.98 Å². The van der Waals surface area contributed by atoms with E-state index in [9.17, 15) is 4.79 Å². The van der Waals surface area contributed by atoms with E-state index in [1.807, 2.05) is 43.3 Å². The van der Waals surface area contributed by atoms with Crippen LogP contribution in [0.25, 0.3) is 6.08 Å². The molecule has 2 saturated carbocycles. The van der Waals surface area contributed by atoms with Gasteiger partial charge in [0.05, 0.1) is 0 Å². The zero-order valence-corrected chi connectivity index (χ0v) is 25.1. The molecule has 0 aliphatic heterocycles. The highest BCUT2D eigenvalue weighted by molar-refractivity contribution is 5.94. The first-order valence-corrected chi connectivity index (χ1v) is 15.0. The number of carbonyl (C=O) groups is 1. The number of pyridine rings is 1. The summed E-state index contributed by atoms with van der Waals surface area (Å²) in [6, 6.07) is 22.6. The molecule has 2 aliphatic carbocycles. The lowest BCUT2D eigenvalue weighted by atomic mass is 9.57. The van der Waals surface area contributed by atoms with Gasteiger partial charge in [0.15, 0.2) is 5.78 Å². The number of ketones is 1. The number of anilines is 3. The Labute approximate surface area is 241 Å². The summed E-state index contributed by atoms with van der Waals surface area (Å²) < 4.78 is 0. The summed E-state index contributed by atoms with van der Waals surface area (Å²) in [4.78, 5) is 18.4. The third-order valence-electron chi connectivity index (χ3n) is 8.63. The number of hydrogen-bond donors (Lipinski definition) is 1. The van der Waals surface area contributed by atoms with Crippen LogP contribution in [0.5, 0.6) is 0 Å². The van der Waals surface area contributed by atoms with E-state index < -0.39 is 0 Å². The zero-order valence-electron chi connectivity index (χ0n) is 25.1. The smallest absolute Gasteiger partial charge is 0.181 e. The molecule has 1 N–H and O–H groups in total. The summed E-state index contributed by atoms with van der Waals surface area (Å²) in [5, 5.41) is 3.19. The van der Waals surface area contributed by atoms with Crippen molar-refractivity contribution in [1.29, 1.82) is 0 Å². The van der Waals surface area contributed by atoms with Crippen molar-refractivity contribution in [2.24, 2.45) is 17.8 Å². The second-order valence-electron chi connectivity index (χ2n) is 12.5. The van der Waals surface area contributed by atoms with Gasteiger partial charge in [-0.15, -0.1) is 0 Å². The van der Waals surface area contributed by atoms with Gasteiger partial charge in [0, 0.05) is 31.9 Å². The molecule has 2 aliphatic rings. The lowest BCUT2D eigenvalue weighted by molar-refractivity contribution is 0.0899. The molecule has 40 heavy (non-hydrogen) atoms. The van der Waals surface area contributed by atoms with Crippen molar-refractivity contribution in [2.45, 2.75) is 71.1 Å². The Morgan fingerprint density at radius 1 is 1.00 bits per heavy atom. The number of aromatic nitrogens is 1. The van der Waals surface area contributed by atoms with Gasteiger partial charge in [-0.05, 0) is 109 Å². The van der Waals surface area contributed by atoms with Crippen LogP contribution in [0.2, 0.25) is 0 Å². The second kappa shape index (κ2) is 13.3. The Balaban J connectivity index is 0.000000185. The molecule has 1 aromatic heterocycles. The van der Waals surface area contributed by atoms with E-state index in [2.05, 4.69) is 74.0 Å². The summed E-state index contributed by atoms with van der Waals surface area (Å²) in [7, 11) is 4.23. The third-order valence-corrected chi connectivity index (χ3v) is 8.63. The quantitative estimate of drug-likeness (QED) is 0.291. The topological polar surface area (TPSA) is 45.2 Å². The minimum absolute atomic E-state index is 0.0816. The largest absolute Gasteiger partial charge is 0.378 e. The fourth-order valence-corrected chi connectivity index (χ4v) is 6.85. The van der Waals surface area contributed by atoms with Gasteiger partial charge in [0.25, 0.3) is 0 Å². The molecule has 212 valence electrons. The zero-order chi connectivity index (χ0) is 28.7. The van der Waals surface area contributed by atoms with Crippen molar-refractivity contribution < 1.29 is 4.79 Å². The summed E-state index contributed by atoms with van der Waals surface area (Å²) >= 11 is 0. The van der Waals surface area contributed by atoms with E-state index in [1.54, 1.807) is 17.7 Å². The van der Waals surface area contributed by atoms with Crippen LogP contribution in [0.1, 0.15) is 87.3 Å². The monoisotopic (exact) mass is 537 g/mol. The minimum Gasteiger partial charge on any atom is -0.378 e. The van der Waals surface area contributed by atoms with Crippen molar-refractivity contribution in [2.75, 3.05) is 24.3 Å². The highest BCUT2D eigenvalue weighted by Gasteiger charge is 2.41. The molecule has 2 bridgehead atoms. The van der Waals surface area contributed by atoms with Crippen molar-refractivity contribution in [3.63, 3.8) is 0 Å². The molecule has 4 nitrogen and oxygen atoms in total. The van der Waals surface area contributed by atoms with Crippen LogP contribution in [0, 0.1) is 17.8 Å². The number of carbonyl (C=O) groups excluding carboxylic acids is 1. The number of Topliss-reactive ketones (excluding diaryl/α,β-unsaturated/α-hetero) is 1. The SMILES string of the molecule is C=Cc1ccc(Nc2cccc(C(=O)CCC)n2)cc1.CC1CC2CC(C1)CC(C)(c1ccc(N(C)C)cc1)C2. The molecular formula is C36H47N3O. The molecule has 2 aromatic carbocycles. The molecular weight excluding hydrogens is 490 g/mol. The fourth-order valence-electron chi connectivity index (χ4n) is 6.85. The van der Waals surface area contributed by atoms with E-state index in [0.29, 0.717) is 23.3 Å². The Bertz CT molecular complexity index is 1240. The summed E-state index contributed by atoms with van der Waals surface area (Å²) in [6.45, 7) is 10.7. The van der Waals surface area contributed by atoms with E-state index in [1.165, 1.54) is 37.8 Å². The predicted octanol–water partition coefficient (Wildman–Crippen LogP) is 9.31. The maximum atomic E-state index is 11.8. The average Bonchev–Trinajstić information content (AvgIpc) is 2.93. The Morgan fingerprint density at radius 2 is 1.65 bits per heavy atom. The second-order valence-corrected chi connectivity index (χ2v) is 12.5. The van der Waals surface area contributed by atoms with Crippen LogP contribution in [0.15, 0.2) is 73.3 Å². The highest BCUT2D eigenvalue weighted by atomic mass is 16.1. The predicted molar refractivity (Wildman–Crippen MR) is 171 cm³/mol. The number of hydrogen-bond acceptors (Lipinski definition) is 4. The maximum absolute atomic E-state index is 11.8. The number of nitrogens with one attached hydrogen (secondary N) is 1. The molecule has 0 saturated heterocycles. The van der Waals surface area contributed by atoms with E-state index in [-0.39, 0.29) is 5.78 Å². The first-order valence-electron chi connectivity index (χ1n) is 15.0. The van der Waals surface area contributed by atoms with Crippen molar-refractivity contribution in [3.8, 4) is 0 Å². The molecule has 3 aromatic rings. The Hall–Kier alpha value is -3.40. The van der Waals surface area contributed by atoms with Gasteiger partial charge in [-0.1, -0.05) is 63.8 Å². The van der Waals surface area contributed by atoms with Gasteiger partial charge in [0.2, 0.25) is 0 Å². The maximum Gasteiger partial charge on any atom is 0.181 e. The molecule has 2 unspecified atom stereocenters. The lowest BCUT2D eigenvalue weighted by Crippen LogP contribution is -2.38. The molecule has 1 heterocycles. The van der Waals surface area contributed by atoms with Crippen molar-refractivity contribution in [3.05, 3.63) is 90.1 Å².